The summed E-state index contributed by atoms with van der Waals surface area (Å²) in [4.78, 5) is 2.47. The average Bonchev–Trinajstić information content (AvgIpc) is 2.41. The van der Waals surface area contributed by atoms with Crippen LogP contribution in [0.4, 0.5) is 0 Å². The summed E-state index contributed by atoms with van der Waals surface area (Å²) in [5, 5.41) is 0. The van der Waals surface area contributed by atoms with Crippen LogP contribution in [0.15, 0.2) is 34.9 Å². The van der Waals surface area contributed by atoms with Crippen molar-refractivity contribution >= 4 is 0 Å². The lowest BCUT2D eigenvalue weighted by Crippen LogP contribution is -2.37. The van der Waals surface area contributed by atoms with Crippen LogP contribution >= 0.6 is 0 Å². The molecule has 0 atom stereocenters. The van der Waals surface area contributed by atoms with Crippen LogP contribution in [-0.2, 0) is 4.74 Å². The molecule has 2 aliphatic rings. The summed E-state index contributed by atoms with van der Waals surface area (Å²) in [5.41, 5.74) is 4.27. The van der Waals surface area contributed by atoms with Crippen LogP contribution in [0.2, 0.25) is 0 Å². The van der Waals surface area contributed by atoms with E-state index in [2.05, 4.69) is 37.0 Å². The second kappa shape index (κ2) is 5.46. The van der Waals surface area contributed by atoms with Crippen LogP contribution in [0.3, 0.4) is 0 Å². The van der Waals surface area contributed by atoms with E-state index < -0.39 is 0 Å². The molecule has 0 aromatic rings. The van der Waals surface area contributed by atoms with Gasteiger partial charge < -0.3 is 4.74 Å². The van der Waals surface area contributed by atoms with E-state index in [-0.39, 0.29) is 0 Å². The van der Waals surface area contributed by atoms with Gasteiger partial charge in [0, 0.05) is 19.6 Å². The normalized spacial score (nSPS) is 23.2. The first-order chi connectivity index (χ1) is 7.74. The molecule has 0 aromatic heterocycles. The first-order valence-electron chi connectivity index (χ1n) is 6.08. The van der Waals surface area contributed by atoms with E-state index in [1.54, 1.807) is 0 Å². The summed E-state index contributed by atoms with van der Waals surface area (Å²) in [7, 11) is 0. The molecule has 16 heavy (non-hydrogen) atoms. The summed E-state index contributed by atoms with van der Waals surface area (Å²) in [5.74, 6) is 0. The van der Waals surface area contributed by atoms with Crippen molar-refractivity contribution in [3.63, 3.8) is 0 Å². The fourth-order valence-electron chi connectivity index (χ4n) is 2.26. The van der Waals surface area contributed by atoms with Gasteiger partial charge in [-0.05, 0) is 25.8 Å². The quantitative estimate of drug-likeness (QED) is 0.707. The fraction of sp³-hybridized carbons (Fsp3) is 0.571. The number of allylic oxidation sites excluding steroid dienone is 4. The fourth-order valence-corrected chi connectivity index (χ4v) is 2.26. The van der Waals surface area contributed by atoms with Gasteiger partial charge in [-0.15, -0.1) is 0 Å². The van der Waals surface area contributed by atoms with Gasteiger partial charge in [-0.25, -0.2) is 0 Å². The van der Waals surface area contributed by atoms with E-state index in [1.165, 1.54) is 16.7 Å². The Balaban J connectivity index is 1.97. The van der Waals surface area contributed by atoms with Gasteiger partial charge in [0.05, 0.1) is 13.2 Å². The summed E-state index contributed by atoms with van der Waals surface area (Å²) in [6, 6.07) is 0. The third-order valence-electron chi connectivity index (χ3n) is 3.08. The topological polar surface area (TPSA) is 12.5 Å². The molecule has 0 unspecified atom stereocenters. The molecule has 0 amide bonds. The standard InChI is InChI=1S/C14H21NO/c1-12-3-4-14(10-13(2)9-12)11-15-5-7-16-8-6-15/h4,9-10H,3,5-8,11H2,1-2H3. The van der Waals surface area contributed by atoms with Crippen LogP contribution in [0, 0.1) is 0 Å². The molecule has 2 heteroatoms. The molecular weight excluding hydrogens is 198 g/mol. The third-order valence-corrected chi connectivity index (χ3v) is 3.08. The Morgan fingerprint density at radius 2 is 1.94 bits per heavy atom. The monoisotopic (exact) mass is 219 g/mol. The molecule has 88 valence electrons. The Morgan fingerprint density at radius 1 is 1.19 bits per heavy atom. The van der Waals surface area contributed by atoms with Crippen LogP contribution in [-0.4, -0.2) is 37.7 Å². The van der Waals surface area contributed by atoms with Crippen molar-refractivity contribution in [2.24, 2.45) is 0 Å². The SMILES string of the molecule is CC1=CC(CN2CCOCC2)=CCC(C)=C1. The van der Waals surface area contributed by atoms with Crippen molar-refractivity contribution in [2.45, 2.75) is 20.3 Å². The van der Waals surface area contributed by atoms with Gasteiger partial charge in [-0.1, -0.05) is 29.4 Å². The molecule has 0 saturated carbocycles. The molecule has 1 fully saturated rings. The molecule has 1 heterocycles. The van der Waals surface area contributed by atoms with Gasteiger partial charge in [0.1, 0.15) is 0 Å². The summed E-state index contributed by atoms with van der Waals surface area (Å²) >= 11 is 0. The number of morpholine rings is 1. The van der Waals surface area contributed by atoms with Gasteiger partial charge in [-0.3, -0.25) is 4.90 Å². The lowest BCUT2D eigenvalue weighted by molar-refractivity contribution is 0.0426. The van der Waals surface area contributed by atoms with E-state index in [0.29, 0.717) is 0 Å². The van der Waals surface area contributed by atoms with Gasteiger partial charge in [0.25, 0.3) is 0 Å². The molecule has 2 nitrogen and oxygen atoms in total. The summed E-state index contributed by atoms with van der Waals surface area (Å²) in [6.07, 6.45) is 8.04. The Bertz CT molecular complexity index is 333. The number of nitrogens with zero attached hydrogens (tertiary/aromatic N) is 1. The molecule has 0 aromatic carbocycles. The number of hydrogen-bond acceptors (Lipinski definition) is 2. The smallest absolute Gasteiger partial charge is 0.0594 e. The molecule has 1 aliphatic carbocycles. The summed E-state index contributed by atoms with van der Waals surface area (Å²) < 4.78 is 5.36. The Hall–Kier alpha value is -0.860. The van der Waals surface area contributed by atoms with Crippen molar-refractivity contribution in [1.82, 2.24) is 4.90 Å². The zero-order chi connectivity index (χ0) is 11.4. The van der Waals surface area contributed by atoms with E-state index in [9.17, 15) is 0 Å². The molecule has 1 aliphatic heterocycles. The maximum Gasteiger partial charge on any atom is 0.0594 e. The van der Waals surface area contributed by atoms with Crippen LogP contribution in [0.1, 0.15) is 20.3 Å². The number of hydrogen-bond donors (Lipinski definition) is 0. The van der Waals surface area contributed by atoms with E-state index in [4.69, 9.17) is 4.74 Å². The Morgan fingerprint density at radius 3 is 2.69 bits per heavy atom. The first-order valence-corrected chi connectivity index (χ1v) is 6.08. The maximum atomic E-state index is 5.36. The second-order valence-electron chi connectivity index (χ2n) is 4.75. The van der Waals surface area contributed by atoms with Gasteiger partial charge in [-0.2, -0.15) is 0 Å². The number of rotatable bonds is 2. The minimum Gasteiger partial charge on any atom is -0.379 e. The maximum absolute atomic E-state index is 5.36. The zero-order valence-electron chi connectivity index (χ0n) is 10.3. The predicted molar refractivity (Wildman–Crippen MR) is 67.5 cm³/mol. The first kappa shape index (κ1) is 11.6. The van der Waals surface area contributed by atoms with Crippen molar-refractivity contribution in [3.05, 3.63) is 34.9 Å². The minimum absolute atomic E-state index is 0.882. The third kappa shape index (κ3) is 3.32. The Labute approximate surface area is 98.3 Å². The highest BCUT2D eigenvalue weighted by Crippen LogP contribution is 2.17. The molecule has 0 spiro atoms. The highest BCUT2D eigenvalue weighted by molar-refractivity contribution is 5.35. The van der Waals surface area contributed by atoms with Crippen LogP contribution in [0.25, 0.3) is 0 Å². The molecule has 0 radical (unpaired) electrons. The number of ether oxygens (including phenoxy) is 1. The lowest BCUT2D eigenvalue weighted by atomic mass is 10.1. The Kier molecular flexibility index (Phi) is 3.97. The zero-order valence-corrected chi connectivity index (χ0v) is 10.3. The predicted octanol–water partition coefficient (Wildman–Crippen LogP) is 2.54. The van der Waals surface area contributed by atoms with Crippen molar-refractivity contribution in [3.8, 4) is 0 Å². The molecule has 2 rings (SSSR count). The van der Waals surface area contributed by atoms with E-state index >= 15 is 0 Å². The molecule has 1 saturated heterocycles. The van der Waals surface area contributed by atoms with Crippen molar-refractivity contribution in [2.75, 3.05) is 32.8 Å². The molecule has 0 N–H and O–H groups in total. The van der Waals surface area contributed by atoms with Crippen LogP contribution in [0.5, 0.6) is 0 Å². The largest absolute Gasteiger partial charge is 0.379 e. The van der Waals surface area contributed by atoms with Crippen molar-refractivity contribution < 1.29 is 4.74 Å². The van der Waals surface area contributed by atoms with E-state index in [1.807, 2.05) is 0 Å². The highest BCUT2D eigenvalue weighted by Gasteiger charge is 2.11. The van der Waals surface area contributed by atoms with E-state index in [0.717, 1.165) is 39.3 Å². The van der Waals surface area contributed by atoms with Crippen molar-refractivity contribution in [1.29, 1.82) is 0 Å². The van der Waals surface area contributed by atoms with Gasteiger partial charge in [0.15, 0.2) is 0 Å². The highest BCUT2D eigenvalue weighted by atomic mass is 16.5. The average molecular weight is 219 g/mol. The van der Waals surface area contributed by atoms with Gasteiger partial charge >= 0.3 is 0 Å². The van der Waals surface area contributed by atoms with Gasteiger partial charge in [0.2, 0.25) is 0 Å². The lowest BCUT2D eigenvalue weighted by Gasteiger charge is -2.27. The molecular formula is C14H21NO. The summed E-state index contributed by atoms with van der Waals surface area (Å²) in [6.45, 7) is 9.35. The second-order valence-corrected chi connectivity index (χ2v) is 4.75. The molecule has 0 bridgehead atoms. The van der Waals surface area contributed by atoms with Crippen LogP contribution < -0.4 is 0 Å². The minimum atomic E-state index is 0.882.